The third-order valence-electron chi connectivity index (χ3n) is 10.4. The van der Waals surface area contributed by atoms with Gasteiger partial charge in [0.2, 0.25) is 10.0 Å². The number of aromatic nitrogens is 1. The molecule has 1 aromatic heterocycles. The van der Waals surface area contributed by atoms with Crippen molar-refractivity contribution in [1.82, 2.24) is 14.6 Å². The smallest absolute Gasteiger partial charge is 0.407 e. The quantitative estimate of drug-likeness (QED) is 0.203. The molecule has 14 heteroatoms. The number of aliphatic hydroxyl groups excluding tert-OH is 1. The van der Waals surface area contributed by atoms with Gasteiger partial charge in [-0.1, -0.05) is 44.2 Å². The molecule has 7 atom stereocenters. The van der Waals surface area contributed by atoms with Crippen molar-refractivity contribution in [2.24, 2.45) is 17.3 Å². The standard InChI is InChI=1S/C35H45FN4O7S2/c1-4-35-16-30-29(14-22(35)19-45-32(35)46-30)47-34(42)39-27(13-21-6-5-7-23(36)12-21)28(41)18-40(17-20(2)3)49(43,44)25-10-11-26-31(15-25)48-33(38-26)37-24-8-9-24/h5-7,10-12,15,20,22,24,27-30,32,41H,4,8-9,13-14,16-19H2,1-3H3,(H,37,38)(H,39,42)/t22-,27+,28-,29?,30?,32-,35-/m1/s1. The van der Waals surface area contributed by atoms with Crippen LogP contribution >= 0.6 is 11.3 Å². The zero-order chi connectivity index (χ0) is 34.5. The minimum atomic E-state index is -4.07. The third-order valence-corrected chi connectivity index (χ3v) is 13.2. The summed E-state index contributed by atoms with van der Waals surface area (Å²) < 4.78 is 62.4. The van der Waals surface area contributed by atoms with Gasteiger partial charge in [0.1, 0.15) is 11.9 Å². The highest BCUT2D eigenvalue weighted by Gasteiger charge is 2.63. The maximum absolute atomic E-state index is 14.2. The fourth-order valence-electron chi connectivity index (χ4n) is 7.64. The fourth-order valence-corrected chi connectivity index (χ4v) is 10.3. The average molecular weight is 717 g/mol. The lowest BCUT2D eigenvalue weighted by Gasteiger charge is -2.38. The van der Waals surface area contributed by atoms with Gasteiger partial charge in [-0.25, -0.2) is 22.6 Å². The largest absolute Gasteiger partial charge is 0.443 e. The van der Waals surface area contributed by atoms with Crippen molar-refractivity contribution < 1.29 is 36.9 Å². The SMILES string of the molecule is CC[C@]12CC3O[C@H]1OC[C@H]2CC3OC(=O)N[C@@H](Cc1cccc(F)c1)[C@H](O)CN(CC(C)C)S(=O)(=O)c1ccc2nc(NC3CC3)sc2c1. The monoisotopic (exact) mass is 716 g/mol. The molecule has 4 fully saturated rings. The molecule has 2 bridgehead atoms. The molecule has 4 aliphatic rings. The first-order chi connectivity index (χ1) is 23.4. The van der Waals surface area contributed by atoms with Gasteiger partial charge in [0.15, 0.2) is 11.4 Å². The molecule has 11 nitrogen and oxygen atoms in total. The lowest BCUT2D eigenvalue weighted by atomic mass is 9.66. The number of thiazole rings is 1. The van der Waals surface area contributed by atoms with E-state index in [1.807, 2.05) is 13.8 Å². The van der Waals surface area contributed by atoms with E-state index >= 15 is 0 Å². The predicted molar refractivity (Wildman–Crippen MR) is 183 cm³/mol. The molecular formula is C35H45FN4O7S2. The van der Waals surface area contributed by atoms with E-state index in [0.717, 1.165) is 35.5 Å². The van der Waals surface area contributed by atoms with E-state index in [4.69, 9.17) is 14.2 Å². The third kappa shape index (κ3) is 7.18. The van der Waals surface area contributed by atoms with Gasteiger partial charge >= 0.3 is 6.09 Å². The Labute approximate surface area is 290 Å². The number of carbonyl (C=O) groups is 1. The second-order valence-electron chi connectivity index (χ2n) is 14.4. The van der Waals surface area contributed by atoms with Gasteiger partial charge in [0.05, 0.1) is 40.0 Å². The van der Waals surface area contributed by atoms with E-state index in [1.165, 1.54) is 33.8 Å². The minimum Gasteiger partial charge on any atom is -0.443 e. The van der Waals surface area contributed by atoms with E-state index in [-0.39, 0.29) is 54.1 Å². The zero-order valence-corrected chi connectivity index (χ0v) is 29.6. The summed E-state index contributed by atoms with van der Waals surface area (Å²) in [4.78, 5) is 18.1. The van der Waals surface area contributed by atoms with Crippen LogP contribution in [-0.4, -0.2) is 85.3 Å². The van der Waals surface area contributed by atoms with Crippen LogP contribution in [0.4, 0.5) is 14.3 Å². The Morgan fingerprint density at radius 2 is 2.04 bits per heavy atom. The number of rotatable bonds is 14. The van der Waals surface area contributed by atoms with Gasteiger partial charge in [-0.15, -0.1) is 0 Å². The van der Waals surface area contributed by atoms with Crippen LogP contribution in [0.1, 0.15) is 58.4 Å². The number of sulfonamides is 1. The topological polar surface area (TPSA) is 139 Å². The number of aliphatic hydroxyl groups is 1. The number of amides is 1. The minimum absolute atomic E-state index is 0.0509. The van der Waals surface area contributed by atoms with Crippen LogP contribution in [0.2, 0.25) is 0 Å². The van der Waals surface area contributed by atoms with Crippen molar-refractivity contribution in [2.75, 3.05) is 25.0 Å². The number of anilines is 1. The lowest BCUT2D eigenvalue weighted by molar-refractivity contribution is -0.152. The number of nitrogens with one attached hydrogen (secondary N) is 2. The van der Waals surface area contributed by atoms with Crippen LogP contribution in [0.15, 0.2) is 47.4 Å². The molecule has 7 rings (SSSR count). The summed E-state index contributed by atoms with van der Waals surface area (Å²) in [5.74, 6) is -0.299. The Hall–Kier alpha value is -2.88. The van der Waals surface area contributed by atoms with Crippen LogP contribution in [0.5, 0.6) is 0 Å². The van der Waals surface area contributed by atoms with Gasteiger partial charge in [-0.3, -0.25) is 0 Å². The van der Waals surface area contributed by atoms with Crippen LogP contribution in [0, 0.1) is 23.1 Å². The van der Waals surface area contributed by atoms with E-state index in [9.17, 15) is 22.7 Å². The van der Waals surface area contributed by atoms with Gasteiger partial charge < -0.3 is 30.0 Å². The second-order valence-corrected chi connectivity index (χ2v) is 17.4. The zero-order valence-electron chi connectivity index (χ0n) is 28.0. The van der Waals surface area contributed by atoms with Gasteiger partial charge in [-0.2, -0.15) is 4.31 Å². The molecule has 0 radical (unpaired) electrons. The Morgan fingerprint density at radius 3 is 2.78 bits per heavy atom. The van der Waals surface area contributed by atoms with Gasteiger partial charge in [-0.05, 0) is 86.3 Å². The molecule has 3 heterocycles. The molecule has 266 valence electrons. The first kappa shape index (κ1) is 34.6. The predicted octanol–water partition coefficient (Wildman–Crippen LogP) is 5.28. The Balaban J connectivity index is 1.09. The normalized spacial score (nSPS) is 27.5. The van der Waals surface area contributed by atoms with Gasteiger partial charge in [0.25, 0.3) is 0 Å². The van der Waals surface area contributed by atoms with Crippen LogP contribution in [0.25, 0.3) is 10.2 Å². The lowest BCUT2D eigenvalue weighted by Crippen LogP contribution is -2.52. The molecule has 2 saturated carbocycles. The summed E-state index contributed by atoms with van der Waals surface area (Å²) in [5.41, 5.74) is 1.19. The highest BCUT2D eigenvalue weighted by molar-refractivity contribution is 7.89. The maximum Gasteiger partial charge on any atom is 0.407 e. The van der Waals surface area contributed by atoms with Crippen molar-refractivity contribution in [3.8, 4) is 0 Å². The number of halogens is 1. The van der Waals surface area contributed by atoms with Crippen molar-refractivity contribution in [1.29, 1.82) is 0 Å². The van der Waals surface area contributed by atoms with E-state index in [2.05, 4.69) is 22.5 Å². The van der Waals surface area contributed by atoms with E-state index in [1.54, 1.807) is 24.3 Å². The number of carbonyl (C=O) groups excluding carboxylic acids is 1. The first-order valence-corrected chi connectivity index (χ1v) is 19.5. The number of hydrogen-bond donors (Lipinski definition) is 3. The number of nitrogens with zero attached hydrogens (tertiary/aromatic N) is 2. The van der Waals surface area contributed by atoms with Crippen molar-refractivity contribution in [2.45, 2.75) is 101 Å². The van der Waals surface area contributed by atoms with Gasteiger partial charge in [0, 0.05) is 24.5 Å². The van der Waals surface area contributed by atoms with Crippen molar-refractivity contribution in [3.63, 3.8) is 0 Å². The summed E-state index contributed by atoms with van der Waals surface area (Å²) >= 11 is 1.41. The molecule has 0 spiro atoms. The van der Waals surface area contributed by atoms with E-state index < -0.39 is 40.2 Å². The first-order valence-electron chi connectivity index (χ1n) is 17.3. The molecule has 3 N–H and O–H groups in total. The summed E-state index contributed by atoms with van der Waals surface area (Å²) in [6.07, 6.45) is 1.37. The van der Waals surface area contributed by atoms with Crippen molar-refractivity contribution in [3.05, 3.63) is 53.8 Å². The molecule has 2 aromatic carbocycles. The number of fused-ring (bicyclic) bond motifs is 2. The highest BCUT2D eigenvalue weighted by atomic mass is 32.2. The Bertz CT molecular complexity index is 1790. The van der Waals surface area contributed by atoms with Crippen molar-refractivity contribution >= 4 is 42.8 Å². The van der Waals surface area contributed by atoms with Crippen LogP contribution in [0.3, 0.4) is 0 Å². The molecule has 49 heavy (non-hydrogen) atoms. The number of benzene rings is 2. The second kappa shape index (κ2) is 13.7. The summed E-state index contributed by atoms with van der Waals surface area (Å²) in [5, 5.41) is 18.6. The molecular weight excluding hydrogens is 672 g/mol. The molecule has 2 aliphatic heterocycles. The van der Waals surface area contributed by atoms with E-state index in [0.29, 0.717) is 30.1 Å². The highest BCUT2D eigenvalue weighted by Crippen LogP contribution is 2.58. The number of ether oxygens (including phenoxy) is 3. The average Bonchev–Trinajstić information content (AvgIpc) is 3.52. The number of hydrogen-bond acceptors (Lipinski definition) is 10. The van der Waals surface area contributed by atoms with Crippen LogP contribution < -0.4 is 10.6 Å². The summed E-state index contributed by atoms with van der Waals surface area (Å²) in [6, 6.07) is 10.2. The molecule has 2 saturated heterocycles. The maximum atomic E-state index is 14.2. The molecule has 2 aliphatic carbocycles. The Kier molecular flexibility index (Phi) is 9.65. The summed E-state index contributed by atoms with van der Waals surface area (Å²) in [7, 11) is -4.07. The number of alkyl carbamates (subject to hydrolysis) is 1. The molecule has 2 unspecified atom stereocenters. The molecule has 3 aromatic rings. The Morgan fingerprint density at radius 1 is 1.22 bits per heavy atom. The summed E-state index contributed by atoms with van der Waals surface area (Å²) in [6.45, 7) is 6.33. The fraction of sp³-hybridized carbons (Fsp3) is 0.600. The molecule has 1 amide bonds. The van der Waals surface area contributed by atoms with Crippen LogP contribution in [-0.2, 0) is 30.7 Å².